The molecule has 0 aliphatic heterocycles. The summed E-state index contributed by atoms with van der Waals surface area (Å²) in [5.74, 6) is 0.302. The van der Waals surface area contributed by atoms with Crippen LogP contribution in [0, 0.1) is 20.7 Å². The molecule has 0 spiro atoms. The fourth-order valence-electron chi connectivity index (χ4n) is 1.81. The molecule has 92 valence electrons. The van der Waals surface area contributed by atoms with Gasteiger partial charge in [0, 0.05) is 15.3 Å². The van der Waals surface area contributed by atoms with E-state index < -0.39 is 0 Å². The fourth-order valence-corrected chi connectivity index (χ4v) is 2.53. The first-order valence-corrected chi connectivity index (χ1v) is 6.47. The third kappa shape index (κ3) is 2.06. The average Bonchev–Trinajstić information content (AvgIpc) is 2.81. The Bertz CT molecular complexity index is 819. The van der Waals surface area contributed by atoms with E-state index in [9.17, 15) is 4.39 Å². The molecule has 0 bridgehead atoms. The molecule has 0 amide bonds. The van der Waals surface area contributed by atoms with E-state index in [4.69, 9.17) is 5.26 Å². The van der Waals surface area contributed by atoms with Gasteiger partial charge in [-0.3, -0.25) is 4.40 Å². The Kier molecular flexibility index (Phi) is 2.91. The van der Waals surface area contributed by atoms with E-state index in [0.717, 1.165) is 9.13 Å². The Morgan fingerprint density at radius 1 is 1.21 bits per heavy atom. The lowest BCUT2D eigenvalue weighted by Crippen LogP contribution is -1.93. The van der Waals surface area contributed by atoms with Gasteiger partial charge in [-0.25, -0.2) is 4.39 Å². The highest BCUT2D eigenvalue weighted by atomic mass is 127. The van der Waals surface area contributed by atoms with Crippen molar-refractivity contribution in [2.45, 2.75) is 0 Å². The largest absolute Gasteiger partial charge is 0.281 e. The van der Waals surface area contributed by atoms with E-state index >= 15 is 0 Å². The summed E-state index contributed by atoms with van der Waals surface area (Å²) in [6, 6.07) is 9.96. The third-order valence-electron chi connectivity index (χ3n) is 2.70. The van der Waals surface area contributed by atoms with E-state index in [-0.39, 0.29) is 5.82 Å². The molecule has 2 aromatic heterocycles. The van der Waals surface area contributed by atoms with Crippen LogP contribution >= 0.6 is 22.6 Å². The first-order valence-electron chi connectivity index (χ1n) is 5.39. The quantitative estimate of drug-likeness (QED) is 0.624. The van der Waals surface area contributed by atoms with Crippen LogP contribution in [0.5, 0.6) is 0 Å². The minimum absolute atomic E-state index is 0.292. The summed E-state index contributed by atoms with van der Waals surface area (Å²) < 4.78 is 15.6. The Morgan fingerprint density at radius 2 is 2.05 bits per heavy atom. The minimum Gasteiger partial charge on any atom is -0.281 e. The van der Waals surface area contributed by atoms with Gasteiger partial charge in [0.15, 0.2) is 11.5 Å². The van der Waals surface area contributed by atoms with Crippen LogP contribution in [-0.4, -0.2) is 14.6 Å². The van der Waals surface area contributed by atoms with Crippen LogP contribution in [0.15, 0.2) is 36.5 Å². The fraction of sp³-hybridized carbons (Fsp3) is 0. The van der Waals surface area contributed by atoms with Gasteiger partial charge in [0.1, 0.15) is 11.9 Å². The summed E-state index contributed by atoms with van der Waals surface area (Å²) in [5, 5.41) is 17.1. The number of rotatable bonds is 1. The number of halogens is 2. The maximum Gasteiger partial charge on any atom is 0.169 e. The van der Waals surface area contributed by atoms with Crippen LogP contribution in [0.2, 0.25) is 0 Å². The summed E-state index contributed by atoms with van der Waals surface area (Å²) >= 11 is 2.05. The highest BCUT2D eigenvalue weighted by Crippen LogP contribution is 2.25. The molecule has 0 radical (unpaired) electrons. The Labute approximate surface area is 121 Å². The second-order valence-electron chi connectivity index (χ2n) is 3.91. The van der Waals surface area contributed by atoms with Crippen LogP contribution in [0.25, 0.3) is 17.0 Å². The molecule has 4 nitrogen and oxygen atoms in total. The van der Waals surface area contributed by atoms with Crippen molar-refractivity contribution in [2.75, 3.05) is 0 Å². The van der Waals surface area contributed by atoms with Crippen LogP contribution in [0.3, 0.4) is 0 Å². The molecule has 0 aliphatic rings. The lowest BCUT2D eigenvalue weighted by atomic mass is 10.2. The minimum atomic E-state index is -0.292. The second-order valence-corrected chi connectivity index (χ2v) is 5.07. The number of pyridine rings is 1. The van der Waals surface area contributed by atoms with Crippen molar-refractivity contribution in [3.63, 3.8) is 0 Å². The molecule has 3 rings (SSSR count). The van der Waals surface area contributed by atoms with Gasteiger partial charge in [-0.15, -0.1) is 10.2 Å². The number of benzene rings is 1. The predicted octanol–water partition coefficient (Wildman–Crippen LogP) is 3.01. The number of hydrogen-bond donors (Lipinski definition) is 0. The van der Waals surface area contributed by atoms with E-state index in [0.29, 0.717) is 17.0 Å². The highest BCUT2D eigenvalue weighted by Gasteiger charge is 2.12. The smallest absolute Gasteiger partial charge is 0.169 e. The SMILES string of the molecule is N#Cc1ccc2nnc(-c3ccc(F)cc3I)n2c1. The van der Waals surface area contributed by atoms with E-state index in [2.05, 4.69) is 38.9 Å². The van der Waals surface area contributed by atoms with Crippen LogP contribution in [0.1, 0.15) is 5.56 Å². The maximum absolute atomic E-state index is 13.1. The molecule has 0 saturated carbocycles. The van der Waals surface area contributed by atoms with Gasteiger partial charge in [-0.1, -0.05) is 0 Å². The summed E-state index contributed by atoms with van der Waals surface area (Å²) in [6.07, 6.45) is 1.67. The Balaban J connectivity index is 2.28. The average molecular weight is 364 g/mol. The molecule has 0 saturated heterocycles. The van der Waals surface area contributed by atoms with Crippen molar-refractivity contribution in [1.82, 2.24) is 14.6 Å². The van der Waals surface area contributed by atoms with Crippen molar-refractivity contribution in [3.8, 4) is 17.5 Å². The molecule has 0 fully saturated rings. The first kappa shape index (κ1) is 12.0. The van der Waals surface area contributed by atoms with Gasteiger partial charge in [0.05, 0.1) is 5.56 Å². The van der Waals surface area contributed by atoms with Crippen molar-refractivity contribution >= 4 is 28.2 Å². The van der Waals surface area contributed by atoms with Gasteiger partial charge in [-0.05, 0) is 52.9 Å². The summed E-state index contributed by atoms with van der Waals surface area (Å²) in [4.78, 5) is 0. The van der Waals surface area contributed by atoms with Gasteiger partial charge in [-0.2, -0.15) is 5.26 Å². The number of hydrogen-bond acceptors (Lipinski definition) is 3. The van der Waals surface area contributed by atoms with Crippen molar-refractivity contribution in [2.24, 2.45) is 0 Å². The van der Waals surface area contributed by atoms with E-state index in [1.165, 1.54) is 12.1 Å². The molecular formula is C13H6FIN4. The summed E-state index contributed by atoms with van der Waals surface area (Å²) in [7, 11) is 0. The zero-order valence-electron chi connectivity index (χ0n) is 9.51. The molecule has 0 N–H and O–H groups in total. The Hall–Kier alpha value is -2.01. The molecule has 3 aromatic rings. The van der Waals surface area contributed by atoms with Crippen molar-refractivity contribution in [1.29, 1.82) is 5.26 Å². The molecule has 19 heavy (non-hydrogen) atoms. The predicted molar refractivity (Wildman–Crippen MR) is 75.8 cm³/mol. The van der Waals surface area contributed by atoms with Gasteiger partial charge < -0.3 is 0 Å². The van der Waals surface area contributed by atoms with Crippen LogP contribution in [0.4, 0.5) is 4.39 Å². The lowest BCUT2D eigenvalue weighted by Gasteiger charge is -2.03. The standard InChI is InChI=1S/C13H6FIN4/c14-9-2-3-10(11(15)5-9)13-18-17-12-4-1-8(6-16)7-19(12)13/h1-5,7H. The summed E-state index contributed by atoms with van der Waals surface area (Å²) in [6.45, 7) is 0. The number of nitrogens with zero attached hydrogens (tertiary/aromatic N) is 4. The lowest BCUT2D eigenvalue weighted by molar-refractivity contribution is 0.627. The zero-order chi connectivity index (χ0) is 13.4. The van der Waals surface area contributed by atoms with Crippen molar-refractivity contribution < 1.29 is 4.39 Å². The van der Waals surface area contributed by atoms with E-state index in [1.807, 2.05) is 0 Å². The zero-order valence-corrected chi connectivity index (χ0v) is 11.7. The number of fused-ring (bicyclic) bond motifs is 1. The molecule has 0 aliphatic carbocycles. The number of nitriles is 1. The molecule has 6 heteroatoms. The first-order chi connectivity index (χ1) is 9.19. The molecule has 1 aromatic carbocycles. The number of aromatic nitrogens is 3. The highest BCUT2D eigenvalue weighted by molar-refractivity contribution is 14.1. The molecule has 0 atom stereocenters. The van der Waals surface area contributed by atoms with Crippen LogP contribution < -0.4 is 0 Å². The monoisotopic (exact) mass is 364 g/mol. The molecular weight excluding hydrogens is 358 g/mol. The van der Waals surface area contributed by atoms with Gasteiger partial charge in [0.25, 0.3) is 0 Å². The normalized spacial score (nSPS) is 10.6. The van der Waals surface area contributed by atoms with Crippen LogP contribution in [-0.2, 0) is 0 Å². The Morgan fingerprint density at radius 3 is 2.79 bits per heavy atom. The summed E-state index contributed by atoms with van der Waals surface area (Å²) in [5.41, 5.74) is 1.95. The second kappa shape index (κ2) is 4.59. The van der Waals surface area contributed by atoms with Crippen molar-refractivity contribution in [3.05, 3.63) is 51.5 Å². The maximum atomic E-state index is 13.1. The topological polar surface area (TPSA) is 54.0 Å². The van der Waals surface area contributed by atoms with Gasteiger partial charge in [0.2, 0.25) is 0 Å². The van der Waals surface area contributed by atoms with Gasteiger partial charge >= 0.3 is 0 Å². The molecule has 2 heterocycles. The van der Waals surface area contributed by atoms with E-state index in [1.54, 1.807) is 28.8 Å². The third-order valence-corrected chi connectivity index (χ3v) is 3.60. The molecule has 0 unspecified atom stereocenters.